The Morgan fingerprint density at radius 3 is 2.66 bits per heavy atom. The van der Waals surface area contributed by atoms with Crippen molar-refractivity contribution in [3.8, 4) is 17.3 Å². The molecule has 0 saturated carbocycles. The second-order valence-corrected chi connectivity index (χ2v) is 8.47. The van der Waals surface area contributed by atoms with Crippen LogP contribution in [0.3, 0.4) is 0 Å². The molecule has 0 saturated heterocycles. The van der Waals surface area contributed by atoms with E-state index in [-0.39, 0.29) is 30.4 Å². The highest BCUT2D eigenvalue weighted by Gasteiger charge is 2.27. The molecule has 0 amide bonds. The Morgan fingerprint density at radius 2 is 1.97 bits per heavy atom. The second-order valence-electron chi connectivity index (χ2n) is 8.03. The first-order chi connectivity index (χ1) is 17.0. The van der Waals surface area contributed by atoms with Crippen LogP contribution in [0.5, 0.6) is 5.88 Å². The van der Waals surface area contributed by atoms with Crippen LogP contribution in [0.1, 0.15) is 48.8 Å². The van der Waals surface area contributed by atoms with E-state index in [1.165, 1.54) is 6.20 Å². The van der Waals surface area contributed by atoms with Crippen molar-refractivity contribution >= 4 is 11.6 Å². The van der Waals surface area contributed by atoms with Gasteiger partial charge in [-0.25, -0.2) is 0 Å². The lowest BCUT2D eigenvalue weighted by Gasteiger charge is -2.23. The van der Waals surface area contributed by atoms with Crippen LogP contribution >= 0.6 is 11.6 Å². The number of benzene rings is 1. The summed E-state index contributed by atoms with van der Waals surface area (Å²) < 4.78 is 12.8. The fourth-order valence-electron chi connectivity index (χ4n) is 3.83. The van der Waals surface area contributed by atoms with Gasteiger partial charge in [-0.15, -0.1) is 10.2 Å². The molecule has 9 nitrogen and oxygen atoms in total. The molecule has 4 aromatic rings. The Hall–Kier alpha value is -3.56. The number of aryl methyl sites for hydroxylation is 1. The van der Waals surface area contributed by atoms with E-state index >= 15 is 0 Å². The number of methoxy groups -OCH3 is 1. The van der Waals surface area contributed by atoms with E-state index in [2.05, 4.69) is 27.1 Å². The van der Waals surface area contributed by atoms with Crippen LogP contribution in [0.15, 0.2) is 57.9 Å². The average Bonchev–Trinajstić information content (AvgIpc) is 3.31. The molecule has 0 radical (unpaired) electrons. The predicted molar refractivity (Wildman–Crippen MR) is 131 cm³/mol. The highest BCUT2D eigenvalue weighted by atomic mass is 35.5. The van der Waals surface area contributed by atoms with E-state index in [0.29, 0.717) is 23.0 Å². The molecule has 0 aliphatic heterocycles. The van der Waals surface area contributed by atoms with Crippen molar-refractivity contribution in [3.63, 3.8) is 0 Å². The van der Waals surface area contributed by atoms with Crippen LogP contribution in [0.4, 0.5) is 0 Å². The molecule has 182 valence electrons. The fourth-order valence-corrected chi connectivity index (χ4v) is 3.94. The molecule has 0 aliphatic carbocycles. The minimum Gasteiger partial charge on any atom is -0.493 e. The number of rotatable bonds is 10. The maximum atomic E-state index is 13.8. The van der Waals surface area contributed by atoms with Crippen molar-refractivity contribution < 1.29 is 14.3 Å². The summed E-state index contributed by atoms with van der Waals surface area (Å²) in [6.45, 7) is 2.29. The number of hydrogen-bond acceptors (Lipinski definition) is 8. The molecule has 10 heteroatoms. The Morgan fingerprint density at radius 1 is 1.17 bits per heavy atom. The Balaban J connectivity index is 1.79. The third-order valence-corrected chi connectivity index (χ3v) is 5.77. The maximum Gasteiger partial charge on any atom is 0.270 e. The van der Waals surface area contributed by atoms with E-state index in [0.717, 1.165) is 18.4 Å². The highest BCUT2D eigenvalue weighted by molar-refractivity contribution is 6.30. The van der Waals surface area contributed by atoms with Gasteiger partial charge in [0.2, 0.25) is 11.8 Å². The van der Waals surface area contributed by atoms with Crippen molar-refractivity contribution in [1.82, 2.24) is 24.7 Å². The fraction of sp³-hybridized carbons (Fsp3) is 0.320. The second kappa shape index (κ2) is 11.2. The van der Waals surface area contributed by atoms with E-state index in [1.54, 1.807) is 23.8 Å². The topological polar surface area (TPSA) is 116 Å². The lowest BCUT2D eigenvalue weighted by molar-refractivity contribution is 0.166. The molecule has 3 aromatic heterocycles. The zero-order chi connectivity index (χ0) is 24.8. The molecule has 1 aromatic carbocycles. The van der Waals surface area contributed by atoms with Gasteiger partial charge in [0.25, 0.3) is 11.4 Å². The average molecular weight is 496 g/mol. The molecule has 1 N–H and O–H groups in total. The largest absolute Gasteiger partial charge is 0.493 e. The molecule has 0 spiro atoms. The van der Waals surface area contributed by atoms with Gasteiger partial charge < -0.3 is 14.3 Å². The number of aromatic nitrogens is 5. The minimum atomic E-state index is -0.477. The quantitative estimate of drug-likeness (QED) is 0.347. The molecule has 0 bridgehead atoms. The van der Waals surface area contributed by atoms with Crippen LogP contribution in [0.2, 0.25) is 5.02 Å². The van der Waals surface area contributed by atoms with Crippen LogP contribution < -0.4 is 5.56 Å². The summed E-state index contributed by atoms with van der Waals surface area (Å²) >= 11 is 5.89. The first-order valence-corrected chi connectivity index (χ1v) is 11.7. The van der Waals surface area contributed by atoms with E-state index in [4.69, 9.17) is 20.8 Å². The van der Waals surface area contributed by atoms with E-state index < -0.39 is 17.5 Å². The van der Waals surface area contributed by atoms with Gasteiger partial charge in [-0.1, -0.05) is 55.3 Å². The molecule has 0 aliphatic rings. The van der Waals surface area contributed by atoms with Gasteiger partial charge in [0.05, 0.1) is 24.1 Å². The molecular formula is C25H26ClN5O4. The SMILES string of the molecule is CCCCc1nc(O)c(-c2nnc(Cc3ccc(Cl)cn3)o2)c(=O)n1C(COC)c1ccccc1. The number of nitrogens with zero attached hydrogens (tertiary/aromatic N) is 5. The lowest BCUT2D eigenvalue weighted by Crippen LogP contribution is -2.33. The summed E-state index contributed by atoms with van der Waals surface area (Å²) in [7, 11) is 1.58. The van der Waals surface area contributed by atoms with Crippen LogP contribution in [0, 0.1) is 0 Å². The zero-order valence-electron chi connectivity index (χ0n) is 19.5. The number of halogens is 1. The Bertz CT molecular complexity index is 1320. The molecule has 1 unspecified atom stereocenters. The maximum absolute atomic E-state index is 13.8. The molecule has 4 rings (SSSR count). The standard InChI is InChI=1S/C25H26ClN5O4/c1-3-4-10-20-28-23(32)22(24-30-29-21(35-24)13-18-12-11-17(26)14-27-18)25(33)31(20)19(15-34-2)16-8-6-5-7-9-16/h5-9,11-12,14,19,32H,3-4,10,13,15H2,1-2H3. The number of pyridine rings is 1. The van der Waals surface area contributed by atoms with Gasteiger partial charge in [0, 0.05) is 25.4 Å². The molecular weight excluding hydrogens is 470 g/mol. The molecule has 1 atom stereocenters. The van der Waals surface area contributed by atoms with Crippen molar-refractivity contribution in [2.75, 3.05) is 13.7 Å². The van der Waals surface area contributed by atoms with Crippen molar-refractivity contribution in [2.45, 2.75) is 38.6 Å². The van der Waals surface area contributed by atoms with Gasteiger partial charge in [-0.05, 0) is 24.1 Å². The molecule has 0 fully saturated rings. The number of aromatic hydroxyl groups is 1. The van der Waals surface area contributed by atoms with E-state index in [9.17, 15) is 9.90 Å². The Kier molecular flexibility index (Phi) is 7.89. The first kappa shape index (κ1) is 24.6. The summed E-state index contributed by atoms with van der Waals surface area (Å²) in [4.78, 5) is 22.4. The minimum absolute atomic E-state index is 0.107. The molecule has 35 heavy (non-hydrogen) atoms. The van der Waals surface area contributed by atoms with Crippen molar-refractivity contribution in [3.05, 3.63) is 87.0 Å². The third kappa shape index (κ3) is 5.58. The monoisotopic (exact) mass is 495 g/mol. The van der Waals surface area contributed by atoms with Gasteiger partial charge in [0.1, 0.15) is 5.82 Å². The summed E-state index contributed by atoms with van der Waals surface area (Å²) in [5.41, 5.74) is 0.926. The van der Waals surface area contributed by atoms with Crippen molar-refractivity contribution in [1.29, 1.82) is 0 Å². The number of ether oxygens (including phenoxy) is 1. The normalized spacial score (nSPS) is 12.1. The van der Waals surface area contributed by atoms with Crippen molar-refractivity contribution in [2.24, 2.45) is 0 Å². The van der Waals surface area contributed by atoms with Gasteiger partial charge in [0.15, 0.2) is 5.56 Å². The molecule has 3 heterocycles. The smallest absolute Gasteiger partial charge is 0.270 e. The van der Waals surface area contributed by atoms with Crippen LogP contribution in [-0.4, -0.2) is 43.6 Å². The van der Waals surface area contributed by atoms with Gasteiger partial charge >= 0.3 is 0 Å². The highest BCUT2D eigenvalue weighted by Crippen LogP contribution is 2.27. The summed E-state index contributed by atoms with van der Waals surface area (Å²) in [5.74, 6) is 0.159. The third-order valence-electron chi connectivity index (χ3n) is 5.55. The number of hydrogen-bond donors (Lipinski definition) is 1. The van der Waals surface area contributed by atoms with Crippen LogP contribution in [0.25, 0.3) is 11.5 Å². The van der Waals surface area contributed by atoms with Crippen LogP contribution in [-0.2, 0) is 17.6 Å². The Labute approximate surface area is 207 Å². The number of unbranched alkanes of at least 4 members (excludes halogenated alkanes) is 1. The van der Waals surface area contributed by atoms with E-state index in [1.807, 2.05) is 30.3 Å². The zero-order valence-corrected chi connectivity index (χ0v) is 20.3. The predicted octanol–water partition coefficient (Wildman–Crippen LogP) is 4.22. The lowest BCUT2D eigenvalue weighted by atomic mass is 10.1. The van der Waals surface area contributed by atoms with Gasteiger partial charge in [-0.2, -0.15) is 4.98 Å². The first-order valence-electron chi connectivity index (χ1n) is 11.3. The summed E-state index contributed by atoms with van der Waals surface area (Å²) in [6, 6.07) is 12.6. The summed E-state index contributed by atoms with van der Waals surface area (Å²) in [5, 5.41) is 19.3. The summed E-state index contributed by atoms with van der Waals surface area (Å²) in [6.07, 6.45) is 4.00. The van der Waals surface area contributed by atoms with Gasteiger partial charge in [-0.3, -0.25) is 14.3 Å².